The number of phenolic OH excluding ortho intramolecular Hbond substituents is 1. The zero-order chi connectivity index (χ0) is 25.6. The molecule has 0 atom stereocenters. The first-order valence-corrected chi connectivity index (χ1v) is 10.6. The van der Waals surface area contributed by atoms with Gasteiger partial charge in [0, 0.05) is 0 Å². The average Bonchev–Trinajstić information content (AvgIpc) is 2.78. The summed E-state index contributed by atoms with van der Waals surface area (Å²) in [4.78, 5) is 33.3. The minimum Gasteiger partial charge on any atom is -0.508 e. The van der Waals surface area contributed by atoms with E-state index in [4.69, 9.17) is 14.6 Å². The van der Waals surface area contributed by atoms with Crippen LogP contribution < -0.4 is 10.1 Å². The molecule has 2 aromatic carbocycles. The summed E-state index contributed by atoms with van der Waals surface area (Å²) in [6, 6.07) is 13.6. The van der Waals surface area contributed by atoms with Crippen LogP contribution in [0.4, 0.5) is 4.79 Å². The van der Waals surface area contributed by atoms with Crippen molar-refractivity contribution in [2.24, 2.45) is 0 Å². The fourth-order valence-electron chi connectivity index (χ4n) is 2.43. The largest absolute Gasteiger partial charge is 0.508 e. The van der Waals surface area contributed by atoms with Gasteiger partial charge in [0.05, 0.1) is 33.6 Å². The summed E-state index contributed by atoms with van der Waals surface area (Å²) in [5, 5.41) is 11.5. The number of methoxy groups -OCH3 is 2. The minimum absolute atomic E-state index is 0.198. The van der Waals surface area contributed by atoms with E-state index in [9.17, 15) is 14.4 Å². The number of hydrogen-bond acceptors (Lipinski definition) is 8. The van der Waals surface area contributed by atoms with Crippen LogP contribution >= 0.6 is 0 Å². The van der Waals surface area contributed by atoms with E-state index in [-0.39, 0.29) is 30.5 Å². The molecule has 0 aromatic heterocycles. The van der Waals surface area contributed by atoms with Crippen molar-refractivity contribution < 1.29 is 38.4 Å². The second-order valence-electron chi connectivity index (χ2n) is 8.09. The molecule has 34 heavy (non-hydrogen) atoms. The lowest BCUT2D eigenvalue weighted by Gasteiger charge is -2.19. The van der Waals surface area contributed by atoms with Crippen LogP contribution in [0.1, 0.15) is 31.9 Å². The topological polar surface area (TPSA) is 120 Å². The van der Waals surface area contributed by atoms with Crippen molar-refractivity contribution in [3.8, 4) is 11.5 Å². The first-order chi connectivity index (χ1) is 16.0. The SMILES string of the molecule is COC(=O)Cc1ccc(O)cc1.COC(=O)Cc1ccc(OCCNC(=O)OC(C)(C)C)cc1. The Bertz CT molecular complexity index is 902. The van der Waals surface area contributed by atoms with Crippen LogP contribution in [-0.4, -0.2) is 56.1 Å². The van der Waals surface area contributed by atoms with Crippen molar-refractivity contribution in [3.05, 3.63) is 59.7 Å². The molecule has 0 bridgehead atoms. The molecule has 1 amide bonds. The molecular formula is C25H33NO8. The molecule has 2 N–H and O–H groups in total. The van der Waals surface area contributed by atoms with Gasteiger partial charge in [-0.1, -0.05) is 24.3 Å². The van der Waals surface area contributed by atoms with Crippen LogP contribution in [-0.2, 0) is 36.6 Å². The normalized spacial score (nSPS) is 10.3. The zero-order valence-electron chi connectivity index (χ0n) is 20.3. The highest BCUT2D eigenvalue weighted by atomic mass is 16.6. The number of benzene rings is 2. The third-order valence-electron chi connectivity index (χ3n) is 4.05. The summed E-state index contributed by atoms with van der Waals surface area (Å²) in [6.45, 7) is 6.09. The van der Waals surface area contributed by atoms with E-state index in [0.717, 1.165) is 11.1 Å². The fraction of sp³-hybridized carbons (Fsp3) is 0.400. The summed E-state index contributed by atoms with van der Waals surface area (Å²) in [6.07, 6.45) is 0.0119. The van der Waals surface area contributed by atoms with Crippen molar-refractivity contribution in [2.75, 3.05) is 27.4 Å². The van der Waals surface area contributed by atoms with Gasteiger partial charge in [-0.05, 0) is 56.2 Å². The maximum Gasteiger partial charge on any atom is 0.407 e. The van der Waals surface area contributed by atoms with Crippen molar-refractivity contribution in [2.45, 2.75) is 39.2 Å². The standard InChI is InChI=1S/C16H23NO5.C9H10O3/c1-16(2,3)22-15(19)17-9-10-21-13-7-5-12(6-8-13)11-14(18)20-4;1-12-9(11)6-7-2-4-8(10)5-3-7/h5-8H,9-11H2,1-4H3,(H,17,19);2-5,10H,6H2,1H3. The molecule has 0 saturated heterocycles. The molecule has 2 rings (SSSR count). The van der Waals surface area contributed by atoms with Crippen molar-refractivity contribution in [3.63, 3.8) is 0 Å². The molecule has 0 aliphatic carbocycles. The Morgan fingerprint density at radius 3 is 1.74 bits per heavy atom. The smallest absolute Gasteiger partial charge is 0.407 e. The lowest BCUT2D eigenvalue weighted by molar-refractivity contribution is -0.140. The Labute approximate surface area is 200 Å². The summed E-state index contributed by atoms with van der Waals surface area (Å²) in [5.41, 5.74) is 1.17. The van der Waals surface area contributed by atoms with Gasteiger partial charge < -0.3 is 29.4 Å². The predicted molar refractivity (Wildman–Crippen MR) is 126 cm³/mol. The summed E-state index contributed by atoms with van der Waals surface area (Å²) >= 11 is 0. The number of ether oxygens (including phenoxy) is 4. The lowest BCUT2D eigenvalue weighted by atomic mass is 10.1. The summed E-state index contributed by atoms with van der Waals surface area (Å²) in [7, 11) is 2.71. The Balaban J connectivity index is 0.000000404. The van der Waals surface area contributed by atoms with Gasteiger partial charge in [-0.25, -0.2) is 4.79 Å². The van der Waals surface area contributed by atoms with Crippen LogP contribution in [0.15, 0.2) is 48.5 Å². The number of phenols is 1. The minimum atomic E-state index is -0.513. The molecule has 0 radical (unpaired) electrons. The predicted octanol–water partition coefficient (Wildman–Crippen LogP) is 3.41. The molecule has 0 aliphatic rings. The van der Waals surface area contributed by atoms with Crippen molar-refractivity contribution >= 4 is 18.0 Å². The van der Waals surface area contributed by atoms with Gasteiger partial charge in [0.25, 0.3) is 0 Å². The van der Waals surface area contributed by atoms with Crippen LogP contribution in [0.2, 0.25) is 0 Å². The van der Waals surface area contributed by atoms with Gasteiger partial charge in [-0.2, -0.15) is 0 Å². The molecule has 9 nitrogen and oxygen atoms in total. The third kappa shape index (κ3) is 12.9. The number of esters is 2. The number of aromatic hydroxyl groups is 1. The molecule has 0 fully saturated rings. The Morgan fingerprint density at radius 1 is 0.824 bits per heavy atom. The highest BCUT2D eigenvalue weighted by Gasteiger charge is 2.15. The second-order valence-corrected chi connectivity index (χ2v) is 8.09. The highest BCUT2D eigenvalue weighted by molar-refractivity contribution is 5.72. The van der Waals surface area contributed by atoms with Gasteiger partial charge in [-0.3, -0.25) is 9.59 Å². The summed E-state index contributed by atoms with van der Waals surface area (Å²) in [5.74, 6) is 0.305. The number of hydrogen-bond donors (Lipinski definition) is 2. The molecule has 186 valence electrons. The van der Waals surface area contributed by atoms with E-state index in [0.29, 0.717) is 18.9 Å². The Hall–Kier alpha value is -3.75. The lowest BCUT2D eigenvalue weighted by Crippen LogP contribution is -2.34. The number of amides is 1. The van der Waals surface area contributed by atoms with E-state index in [1.165, 1.54) is 26.4 Å². The molecule has 0 spiro atoms. The molecule has 0 aliphatic heterocycles. The maximum absolute atomic E-state index is 11.4. The summed E-state index contributed by atoms with van der Waals surface area (Å²) < 4.78 is 19.7. The quantitative estimate of drug-likeness (QED) is 0.339. The third-order valence-corrected chi connectivity index (χ3v) is 4.05. The molecule has 2 aromatic rings. The van der Waals surface area contributed by atoms with E-state index < -0.39 is 11.7 Å². The van der Waals surface area contributed by atoms with Crippen molar-refractivity contribution in [1.29, 1.82) is 0 Å². The number of rotatable bonds is 8. The fourth-order valence-corrected chi connectivity index (χ4v) is 2.43. The Kier molecular flexibility index (Phi) is 12.0. The second kappa shape index (κ2) is 14.4. The number of carbonyl (C=O) groups excluding carboxylic acids is 3. The zero-order valence-corrected chi connectivity index (χ0v) is 20.3. The molecule has 9 heteroatoms. The van der Waals surface area contributed by atoms with Gasteiger partial charge in [0.1, 0.15) is 23.7 Å². The van der Waals surface area contributed by atoms with Crippen molar-refractivity contribution in [1.82, 2.24) is 5.32 Å². The maximum atomic E-state index is 11.4. The van der Waals surface area contributed by atoms with Crippen LogP contribution in [0.25, 0.3) is 0 Å². The first-order valence-electron chi connectivity index (χ1n) is 10.6. The highest BCUT2D eigenvalue weighted by Crippen LogP contribution is 2.13. The van der Waals surface area contributed by atoms with Gasteiger partial charge in [0.2, 0.25) is 0 Å². The van der Waals surface area contributed by atoms with Crippen LogP contribution in [0.3, 0.4) is 0 Å². The van der Waals surface area contributed by atoms with Gasteiger partial charge >= 0.3 is 18.0 Å². The Morgan fingerprint density at radius 2 is 1.29 bits per heavy atom. The monoisotopic (exact) mass is 475 g/mol. The number of carbonyl (C=O) groups is 3. The van der Waals surface area contributed by atoms with Gasteiger partial charge in [-0.15, -0.1) is 0 Å². The van der Waals surface area contributed by atoms with E-state index >= 15 is 0 Å². The van der Waals surface area contributed by atoms with Gasteiger partial charge in [0.15, 0.2) is 0 Å². The average molecular weight is 476 g/mol. The first kappa shape index (κ1) is 28.3. The van der Waals surface area contributed by atoms with Crippen LogP contribution in [0.5, 0.6) is 11.5 Å². The van der Waals surface area contributed by atoms with E-state index in [2.05, 4.69) is 14.8 Å². The van der Waals surface area contributed by atoms with E-state index in [1.807, 2.05) is 0 Å². The number of nitrogens with one attached hydrogen (secondary N) is 1. The molecular weight excluding hydrogens is 442 g/mol. The number of alkyl carbamates (subject to hydrolysis) is 1. The molecule has 0 unspecified atom stereocenters. The molecule has 0 saturated carbocycles. The molecule has 0 heterocycles. The van der Waals surface area contributed by atoms with E-state index in [1.54, 1.807) is 57.2 Å². The van der Waals surface area contributed by atoms with Crippen LogP contribution in [0, 0.1) is 0 Å².